The van der Waals surface area contributed by atoms with Crippen LogP contribution in [0.3, 0.4) is 0 Å². The van der Waals surface area contributed by atoms with Gasteiger partial charge in [-0.05, 0) is 49.4 Å². The van der Waals surface area contributed by atoms with Gasteiger partial charge in [0.15, 0.2) is 0 Å². The third kappa shape index (κ3) is 4.49. The number of anilines is 1. The number of rotatable bonds is 4. The quantitative estimate of drug-likeness (QED) is 0.779. The Bertz CT molecular complexity index is 669. The van der Waals surface area contributed by atoms with Crippen molar-refractivity contribution in [3.63, 3.8) is 0 Å². The summed E-state index contributed by atoms with van der Waals surface area (Å²) in [5, 5.41) is 14.9. The number of carbonyl (C=O) groups excluding carboxylic acids is 2. The van der Waals surface area contributed by atoms with E-state index in [4.69, 9.17) is 0 Å². The molecule has 3 amide bonds. The summed E-state index contributed by atoms with van der Waals surface area (Å²) in [7, 11) is 0. The number of aliphatic carboxylic acids is 1. The van der Waals surface area contributed by atoms with Crippen molar-refractivity contribution in [1.82, 2.24) is 10.2 Å². The Balaban J connectivity index is 1.58. The molecule has 0 bridgehead atoms. The number of carboxylic acid groups (broad SMARTS) is 1. The molecule has 134 valence electrons. The normalized spacial score (nSPS) is 23.0. The van der Waals surface area contributed by atoms with Crippen molar-refractivity contribution >= 4 is 23.6 Å². The minimum absolute atomic E-state index is 0.102. The lowest BCUT2D eigenvalue weighted by atomic mass is 9.91. The third-order valence-electron chi connectivity index (χ3n) is 4.61. The molecular weight excluding hydrogens is 322 g/mol. The summed E-state index contributed by atoms with van der Waals surface area (Å²) < 4.78 is 0. The summed E-state index contributed by atoms with van der Waals surface area (Å²) in [6.45, 7) is 2.70. The zero-order valence-corrected chi connectivity index (χ0v) is 14.2. The van der Waals surface area contributed by atoms with Crippen molar-refractivity contribution in [2.24, 2.45) is 11.8 Å². The standard InChI is InChI=1S/C18H23N3O4/c1-11-8-13(17(23)24)10-21(9-11)18(25)20-15-4-2-12(3-5-15)16(22)19-14-6-7-14/h2-5,11,13-14H,6-10H2,1H3,(H,19,22)(H,20,25)(H,23,24). The number of carboxylic acids is 1. The van der Waals surface area contributed by atoms with E-state index in [9.17, 15) is 19.5 Å². The van der Waals surface area contributed by atoms with Crippen LogP contribution >= 0.6 is 0 Å². The first kappa shape index (κ1) is 17.3. The van der Waals surface area contributed by atoms with Gasteiger partial charge in [-0.25, -0.2) is 4.79 Å². The predicted octanol–water partition coefficient (Wildman–Crippen LogP) is 2.15. The van der Waals surface area contributed by atoms with Crippen LogP contribution in [0.4, 0.5) is 10.5 Å². The van der Waals surface area contributed by atoms with Gasteiger partial charge in [0, 0.05) is 30.4 Å². The average molecular weight is 345 g/mol. The van der Waals surface area contributed by atoms with Crippen molar-refractivity contribution in [3.05, 3.63) is 29.8 Å². The molecule has 7 nitrogen and oxygen atoms in total. The number of likely N-dealkylation sites (tertiary alicyclic amines) is 1. The highest BCUT2D eigenvalue weighted by Crippen LogP contribution is 2.23. The van der Waals surface area contributed by atoms with Crippen LogP contribution in [0.1, 0.15) is 36.5 Å². The van der Waals surface area contributed by atoms with Gasteiger partial charge in [0.1, 0.15) is 0 Å². The average Bonchev–Trinajstić information content (AvgIpc) is 3.38. The summed E-state index contributed by atoms with van der Waals surface area (Å²) in [6, 6.07) is 6.70. The van der Waals surface area contributed by atoms with Gasteiger partial charge < -0.3 is 20.6 Å². The molecule has 1 aliphatic heterocycles. The van der Waals surface area contributed by atoms with Gasteiger partial charge in [-0.1, -0.05) is 6.92 Å². The Morgan fingerprint density at radius 2 is 1.80 bits per heavy atom. The summed E-state index contributed by atoms with van der Waals surface area (Å²) in [5.41, 5.74) is 1.14. The molecule has 1 aromatic carbocycles. The van der Waals surface area contributed by atoms with Crippen LogP contribution < -0.4 is 10.6 Å². The number of amides is 3. The zero-order valence-electron chi connectivity index (χ0n) is 14.2. The Morgan fingerprint density at radius 1 is 1.12 bits per heavy atom. The van der Waals surface area contributed by atoms with Gasteiger partial charge in [0.2, 0.25) is 0 Å². The van der Waals surface area contributed by atoms with E-state index in [0.29, 0.717) is 30.3 Å². The highest BCUT2D eigenvalue weighted by atomic mass is 16.4. The van der Waals surface area contributed by atoms with Gasteiger partial charge in [-0.2, -0.15) is 0 Å². The molecule has 0 aromatic heterocycles. The minimum Gasteiger partial charge on any atom is -0.481 e. The first-order valence-corrected chi connectivity index (χ1v) is 8.62. The van der Waals surface area contributed by atoms with Crippen molar-refractivity contribution in [2.45, 2.75) is 32.2 Å². The topological polar surface area (TPSA) is 98.7 Å². The highest BCUT2D eigenvalue weighted by Gasteiger charge is 2.32. The van der Waals surface area contributed by atoms with Crippen molar-refractivity contribution < 1.29 is 19.5 Å². The van der Waals surface area contributed by atoms with Gasteiger partial charge in [-0.15, -0.1) is 0 Å². The molecule has 2 unspecified atom stereocenters. The Kier molecular flexibility index (Phi) is 4.92. The summed E-state index contributed by atoms with van der Waals surface area (Å²) in [6.07, 6.45) is 2.65. The molecule has 0 radical (unpaired) electrons. The maximum atomic E-state index is 12.4. The molecule has 3 rings (SSSR count). The maximum Gasteiger partial charge on any atom is 0.321 e. The summed E-state index contributed by atoms with van der Waals surface area (Å²) in [5.74, 6) is -1.35. The number of hydrogen-bond acceptors (Lipinski definition) is 3. The number of urea groups is 1. The first-order valence-electron chi connectivity index (χ1n) is 8.62. The first-order chi connectivity index (χ1) is 11.9. The Labute approximate surface area is 146 Å². The van der Waals surface area contributed by atoms with Crippen LogP contribution in [0.25, 0.3) is 0 Å². The number of carbonyl (C=O) groups is 3. The van der Waals surface area contributed by atoms with Crippen LogP contribution in [-0.4, -0.2) is 47.0 Å². The number of nitrogens with zero attached hydrogens (tertiary/aromatic N) is 1. The van der Waals surface area contributed by atoms with E-state index in [1.54, 1.807) is 29.2 Å². The molecule has 25 heavy (non-hydrogen) atoms. The van der Waals surface area contributed by atoms with Crippen LogP contribution in [-0.2, 0) is 4.79 Å². The second-order valence-electron chi connectivity index (χ2n) is 7.04. The summed E-state index contributed by atoms with van der Waals surface area (Å²) in [4.78, 5) is 37.1. The van der Waals surface area contributed by atoms with E-state index in [1.165, 1.54) is 0 Å². The van der Waals surface area contributed by atoms with E-state index in [1.807, 2.05) is 6.92 Å². The van der Waals surface area contributed by atoms with Crippen LogP contribution in [0.2, 0.25) is 0 Å². The fraction of sp³-hybridized carbons (Fsp3) is 0.500. The van der Waals surface area contributed by atoms with Crippen LogP contribution in [0.15, 0.2) is 24.3 Å². The van der Waals surface area contributed by atoms with Gasteiger partial charge in [-0.3, -0.25) is 9.59 Å². The molecule has 1 saturated carbocycles. The largest absolute Gasteiger partial charge is 0.481 e. The van der Waals surface area contributed by atoms with Crippen molar-refractivity contribution in [1.29, 1.82) is 0 Å². The number of hydrogen-bond donors (Lipinski definition) is 3. The lowest BCUT2D eigenvalue weighted by Crippen LogP contribution is -2.47. The highest BCUT2D eigenvalue weighted by molar-refractivity contribution is 5.96. The summed E-state index contributed by atoms with van der Waals surface area (Å²) >= 11 is 0. The smallest absolute Gasteiger partial charge is 0.321 e. The van der Waals surface area contributed by atoms with E-state index >= 15 is 0 Å². The van der Waals surface area contributed by atoms with Gasteiger partial charge in [0.25, 0.3) is 5.91 Å². The van der Waals surface area contributed by atoms with E-state index in [2.05, 4.69) is 10.6 Å². The molecule has 2 fully saturated rings. The SMILES string of the molecule is CC1CC(C(=O)O)CN(C(=O)Nc2ccc(C(=O)NC3CC3)cc2)C1. The molecule has 3 N–H and O–H groups in total. The lowest BCUT2D eigenvalue weighted by Gasteiger charge is -2.34. The number of piperidine rings is 1. The van der Waals surface area contributed by atoms with Gasteiger partial charge >= 0.3 is 12.0 Å². The fourth-order valence-corrected chi connectivity index (χ4v) is 3.10. The molecule has 1 aliphatic carbocycles. The molecule has 2 atom stereocenters. The van der Waals surface area contributed by atoms with E-state index in [0.717, 1.165) is 12.8 Å². The lowest BCUT2D eigenvalue weighted by molar-refractivity contribution is -0.143. The van der Waals surface area contributed by atoms with Crippen LogP contribution in [0, 0.1) is 11.8 Å². The molecule has 7 heteroatoms. The van der Waals surface area contributed by atoms with Gasteiger partial charge in [0.05, 0.1) is 5.92 Å². The van der Waals surface area contributed by atoms with Crippen molar-refractivity contribution in [2.75, 3.05) is 18.4 Å². The third-order valence-corrected chi connectivity index (χ3v) is 4.61. The van der Waals surface area contributed by atoms with E-state index < -0.39 is 11.9 Å². The molecule has 1 saturated heterocycles. The molecule has 1 aromatic rings. The Hall–Kier alpha value is -2.57. The van der Waals surface area contributed by atoms with E-state index in [-0.39, 0.29) is 24.4 Å². The second-order valence-corrected chi connectivity index (χ2v) is 7.04. The predicted molar refractivity (Wildman–Crippen MR) is 92.4 cm³/mol. The monoisotopic (exact) mass is 345 g/mol. The zero-order chi connectivity index (χ0) is 18.0. The maximum absolute atomic E-state index is 12.4. The molecule has 1 heterocycles. The molecular formula is C18H23N3O4. The number of benzene rings is 1. The van der Waals surface area contributed by atoms with Crippen molar-refractivity contribution in [3.8, 4) is 0 Å². The minimum atomic E-state index is -0.865. The fourth-order valence-electron chi connectivity index (χ4n) is 3.10. The second kappa shape index (κ2) is 7.13. The number of nitrogens with one attached hydrogen (secondary N) is 2. The molecule has 0 spiro atoms. The van der Waals surface area contributed by atoms with Crippen LogP contribution in [0.5, 0.6) is 0 Å². The Morgan fingerprint density at radius 3 is 2.40 bits per heavy atom. The molecule has 2 aliphatic rings.